The summed E-state index contributed by atoms with van der Waals surface area (Å²) < 4.78 is 32.1. The third-order valence-corrected chi connectivity index (χ3v) is 6.70. The maximum atomic E-state index is 14.1. The second kappa shape index (κ2) is 10.4. The van der Waals surface area contributed by atoms with Crippen LogP contribution < -0.4 is 4.74 Å². The topological polar surface area (TPSA) is 106 Å². The van der Waals surface area contributed by atoms with E-state index in [0.29, 0.717) is 35.1 Å². The SMILES string of the molecule is COC(=O)c1cc2nc(CN3CCC(c4cccc(OCc5ccc(C#N)cc5F)n4)CC3)n(C)c2o1. The Balaban J connectivity index is 1.17. The number of piperidine rings is 1. The Morgan fingerprint density at radius 1 is 1.22 bits per heavy atom. The number of esters is 1. The van der Waals surface area contributed by atoms with Crippen LogP contribution in [0.4, 0.5) is 4.39 Å². The Bertz CT molecular complexity index is 1480. The van der Waals surface area contributed by atoms with Crippen molar-refractivity contribution in [2.75, 3.05) is 20.2 Å². The zero-order valence-electron chi connectivity index (χ0n) is 20.6. The van der Waals surface area contributed by atoms with Gasteiger partial charge in [-0.05, 0) is 44.1 Å². The van der Waals surface area contributed by atoms with Gasteiger partial charge in [0, 0.05) is 36.4 Å². The van der Waals surface area contributed by atoms with E-state index in [4.69, 9.17) is 19.2 Å². The first-order chi connectivity index (χ1) is 17.9. The fraction of sp³-hybridized carbons (Fsp3) is 0.333. The molecule has 0 bridgehead atoms. The highest BCUT2D eigenvalue weighted by molar-refractivity contribution is 5.90. The number of methoxy groups -OCH3 is 1. The quantitative estimate of drug-likeness (QED) is 0.343. The molecule has 0 saturated carbocycles. The Hall–Kier alpha value is -4.23. The summed E-state index contributed by atoms with van der Waals surface area (Å²) in [5, 5.41) is 8.89. The van der Waals surface area contributed by atoms with Gasteiger partial charge in [0.15, 0.2) is 0 Å². The number of carbonyl (C=O) groups is 1. The maximum absolute atomic E-state index is 14.1. The largest absolute Gasteiger partial charge is 0.473 e. The standard InChI is InChI=1S/C27H26FN5O4/c1-32-24(30-22-13-23(27(34)35-2)37-26(22)32)15-33-10-8-18(9-11-33)21-4-3-5-25(31-21)36-16-19-7-6-17(14-29)12-20(19)28/h3-7,12-13,18H,8-11,15-16H2,1-2H3. The van der Waals surface area contributed by atoms with Crippen LogP contribution in [0.5, 0.6) is 5.88 Å². The first kappa shape index (κ1) is 24.5. The van der Waals surface area contributed by atoms with E-state index in [1.807, 2.05) is 29.8 Å². The predicted molar refractivity (Wildman–Crippen MR) is 131 cm³/mol. The first-order valence-corrected chi connectivity index (χ1v) is 12.0. The molecule has 1 fully saturated rings. The minimum Gasteiger partial charge on any atom is -0.473 e. The summed E-state index contributed by atoms with van der Waals surface area (Å²) in [6.45, 7) is 2.48. The maximum Gasteiger partial charge on any atom is 0.374 e. The Morgan fingerprint density at radius 3 is 2.73 bits per heavy atom. The third kappa shape index (κ3) is 5.17. The lowest BCUT2D eigenvalue weighted by Crippen LogP contribution is -2.33. The number of halogens is 1. The molecule has 0 unspecified atom stereocenters. The molecular weight excluding hydrogens is 477 g/mol. The number of pyridine rings is 1. The molecule has 4 heterocycles. The molecule has 0 radical (unpaired) electrons. The molecule has 0 N–H and O–H groups in total. The number of carbonyl (C=O) groups excluding carboxylic acids is 1. The van der Waals surface area contributed by atoms with E-state index < -0.39 is 11.8 Å². The second-order valence-electron chi connectivity index (χ2n) is 9.04. The monoisotopic (exact) mass is 503 g/mol. The fourth-order valence-corrected chi connectivity index (χ4v) is 4.58. The van der Waals surface area contributed by atoms with E-state index in [-0.39, 0.29) is 17.9 Å². The Morgan fingerprint density at radius 2 is 2.03 bits per heavy atom. The summed E-state index contributed by atoms with van der Waals surface area (Å²) in [6.07, 6.45) is 1.88. The zero-order valence-corrected chi connectivity index (χ0v) is 20.6. The molecule has 37 heavy (non-hydrogen) atoms. The normalized spacial score (nSPS) is 14.5. The van der Waals surface area contributed by atoms with E-state index in [0.717, 1.165) is 37.4 Å². The zero-order chi connectivity index (χ0) is 25.9. The summed E-state index contributed by atoms with van der Waals surface area (Å²) in [5.41, 5.74) is 2.80. The van der Waals surface area contributed by atoms with Crippen LogP contribution in [-0.2, 0) is 24.9 Å². The molecule has 10 heteroatoms. The molecule has 1 saturated heterocycles. The highest BCUT2D eigenvalue weighted by Crippen LogP contribution is 2.29. The molecule has 3 aromatic heterocycles. The van der Waals surface area contributed by atoms with Crippen molar-refractivity contribution in [2.45, 2.75) is 31.9 Å². The lowest BCUT2D eigenvalue weighted by atomic mass is 9.93. The number of hydrogen-bond donors (Lipinski definition) is 0. The number of aromatic nitrogens is 3. The Labute approximate surface area is 213 Å². The minimum absolute atomic E-state index is 0.0418. The number of furan rings is 1. The third-order valence-electron chi connectivity index (χ3n) is 6.70. The van der Waals surface area contributed by atoms with Crippen molar-refractivity contribution in [3.05, 3.63) is 76.7 Å². The molecule has 0 atom stereocenters. The summed E-state index contributed by atoms with van der Waals surface area (Å²) in [4.78, 5) is 23.4. The summed E-state index contributed by atoms with van der Waals surface area (Å²) in [7, 11) is 3.19. The number of nitriles is 1. The van der Waals surface area contributed by atoms with Gasteiger partial charge in [0.1, 0.15) is 23.8 Å². The van der Waals surface area contributed by atoms with Gasteiger partial charge in [0.25, 0.3) is 0 Å². The van der Waals surface area contributed by atoms with E-state index >= 15 is 0 Å². The number of fused-ring (bicyclic) bond motifs is 1. The van der Waals surface area contributed by atoms with Crippen molar-refractivity contribution in [1.29, 1.82) is 5.26 Å². The molecule has 9 nitrogen and oxygen atoms in total. The van der Waals surface area contributed by atoms with Crippen molar-refractivity contribution in [1.82, 2.24) is 19.4 Å². The van der Waals surface area contributed by atoms with Crippen molar-refractivity contribution in [3.63, 3.8) is 0 Å². The van der Waals surface area contributed by atoms with Gasteiger partial charge in [-0.3, -0.25) is 4.90 Å². The number of imidazole rings is 1. The van der Waals surface area contributed by atoms with Gasteiger partial charge in [-0.1, -0.05) is 12.1 Å². The van der Waals surface area contributed by atoms with Crippen LogP contribution in [0.1, 0.15) is 52.0 Å². The van der Waals surface area contributed by atoms with Crippen LogP contribution in [0.3, 0.4) is 0 Å². The smallest absolute Gasteiger partial charge is 0.374 e. The van der Waals surface area contributed by atoms with Crippen LogP contribution in [0.2, 0.25) is 0 Å². The van der Waals surface area contributed by atoms with Crippen LogP contribution in [-0.4, -0.2) is 45.6 Å². The first-order valence-electron chi connectivity index (χ1n) is 12.0. The van der Waals surface area contributed by atoms with Crippen LogP contribution in [0.25, 0.3) is 11.2 Å². The molecule has 1 aliphatic rings. The molecule has 0 spiro atoms. The van der Waals surface area contributed by atoms with Crippen LogP contribution >= 0.6 is 0 Å². The van der Waals surface area contributed by atoms with Gasteiger partial charge in [-0.25, -0.2) is 19.2 Å². The molecule has 190 valence electrons. The fourth-order valence-electron chi connectivity index (χ4n) is 4.58. The van der Waals surface area contributed by atoms with Crippen molar-refractivity contribution in [3.8, 4) is 11.9 Å². The van der Waals surface area contributed by atoms with Gasteiger partial charge in [-0.2, -0.15) is 5.26 Å². The van der Waals surface area contributed by atoms with Crippen molar-refractivity contribution >= 4 is 17.2 Å². The second-order valence-corrected chi connectivity index (χ2v) is 9.04. The lowest BCUT2D eigenvalue weighted by molar-refractivity contribution is 0.0567. The minimum atomic E-state index is -0.522. The average Bonchev–Trinajstić information content (AvgIpc) is 3.47. The van der Waals surface area contributed by atoms with Gasteiger partial charge in [-0.15, -0.1) is 0 Å². The molecule has 0 aliphatic carbocycles. The number of aryl methyl sites for hydroxylation is 1. The lowest BCUT2D eigenvalue weighted by Gasteiger charge is -2.31. The summed E-state index contributed by atoms with van der Waals surface area (Å²) in [5.74, 6) is 0.770. The van der Waals surface area contributed by atoms with Crippen LogP contribution in [0.15, 0.2) is 46.9 Å². The van der Waals surface area contributed by atoms with Gasteiger partial charge in [0.05, 0.1) is 25.3 Å². The van der Waals surface area contributed by atoms with Gasteiger partial charge >= 0.3 is 5.97 Å². The van der Waals surface area contributed by atoms with Crippen LogP contribution in [0, 0.1) is 17.1 Å². The Kier molecular flexibility index (Phi) is 6.88. The number of nitrogens with zero attached hydrogens (tertiary/aromatic N) is 5. The van der Waals surface area contributed by atoms with E-state index in [2.05, 4.69) is 14.9 Å². The molecular formula is C27H26FN5O4. The number of ether oxygens (including phenoxy) is 2. The highest BCUT2D eigenvalue weighted by Gasteiger charge is 2.24. The average molecular weight is 504 g/mol. The predicted octanol–water partition coefficient (Wildman–Crippen LogP) is 4.32. The van der Waals surface area contributed by atoms with Gasteiger partial charge < -0.3 is 18.5 Å². The molecule has 1 aromatic carbocycles. The number of likely N-dealkylation sites (tertiary alicyclic amines) is 1. The molecule has 0 amide bonds. The number of hydrogen-bond acceptors (Lipinski definition) is 8. The van der Waals surface area contributed by atoms with Gasteiger partial charge in [0.2, 0.25) is 17.4 Å². The molecule has 1 aliphatic heterocycles. The highest BCUT2D eigenvalue weighted by atomic mass is 19.1. The molecule has 4 aromatic rings. The van der Waals surface area contributed by atoms with E-state index in [1.165, 1.54) is 13.2 Å². The number of rotatable bonds is 7. The summed E-state index contributed by atoms with van der Waals surface area (Å²) in [6, 6.07) is 13.5. The summed E-state index contributed by atoms with van der Waals surface area (Å²) >= 11 is 0. The van der Waals surface area contributed by atoms with Crippen molar-refractivity contribution in [2.24, 2.45) is 7.05 Å². The van der Waals surface area contributed by atoms with Crippen molar-refractivity contribution < 1.29 is 23.1 Å². The van der Waals surface area contributed by atoms with E-state index in [1.54, 1.807) is 24.3 Å². The molecule has 5 rings (SSSR count). The van der Waals surface area contributed by atoms with E-state index in [9.17, 15) is 9.18 Å². The number of benzene rings is 1.